The first kappa shape index (κ1) is 27.7. The molecule has 0 N–H and O–H groups in total. The van der Waals surface area contributed by atoms with Crippen molar-refractivity contribution in [2.24, 2.45) is 20.0 Å². The summed E-state index contributed by atoms with van der Waals surface area (Å²) in [6.07, 6.45) is 3.68. The molecule has 0 bridgehead atoms. The number of benzene rings is 1. The Balaban J connectivity index is 1.63. The number of thiocarbonyl (C=S) groups is 1. The van der Waals surface area contributed by atoms with Crippen LogP contribution in [0.3, 0.4) is 0 Å². The van der Waals surface area contributed by atoms with E-state index in [9.17, 15) is 19.6 Å². The van der Waals surface area contributed by atoms with Crippen LogP contribution in [0.2, 0.25) is 0 Å². The molecule has 3 aromatic rings. The molecule has 9 nitrogen and oxygen atoms in total. The molecule has 5 rings (SSSR count). The maximum absolute atomic E-state index is 13.9. The van der Waals surface area contributed by atoms with Crippen LogP contribution in [0.5, 0.6) is 0 Å². The second kappa shape index (κ2) is 10.6. The van der Waals surface area contributed by atoms with Gasteiger partial charge in [0.25, 0.3) is 17.0 Å². The third-order valence-corrected chi connectivity index (χ3v) is 9.17. The molecule has 4 heterocycles. The zero-order chi connectivity index (χ0) is 28.9. The van der Waals surface area contributed by atoms with Crippen LogP contribution in [-0.2, 0) is 18.9 Å². The summed E-state index contributed by atoms with van der Waals surface area (Å²) in [6.45, 7) is 7.27. The van der Waals surface area contributed by atoms with Gasteiger partial charge in [-0.2, -0.15) is 5.26 Å². The van der Waals surface area contributed by atoms with E-state index in [4.69, 9.17) is 12.2 Å². The van der Waals surface area contributed by atoms with Crippen LogP contribution in [0.4, 0.5) is 11.5 Å². The minimum Gasteiger partial charge on any atom is -0.357 e. The molecule has 0 aliphatic carbocycles. The van der Waals surface area contributed by atoms with Crippen LogP contribution in [0, 0.1) is 31.1 Å². The summed E-state index contributed by atoms with van der Waals surface area (Å²) >= 11 is 6.74. The average Bonchev–Trinajstić information content (AvgIpc) is 3.33. The average molecular weight is 575 g/mol. The van der Waals surface area contributed by atoms with Gasteiger partial charge in [-0.3, -0.25) is 28.5 Å². The first-order valence-corrected chi connectivity index (χ1v) is 14.3. The number of pyridine rings is 1. The molecule has 2 saturated heterocycles. The minimum atomic E-state index is -0.411. The number of para-hydroxylation sites is 1. The van der Waals surface area contributed by atoms with Gasteiger partial charge in [0.1, 0.15) is 23.1 Å². The van der Waals surface area contributed by atoms with Gasteiger partial charge in [0.15, 0.2) is 4.32 Å². The van der Waals surface area contributed by atoms with Crippen molar-refractivity contribution in [1.82, 2.24) is 13.9 Å². The zero-order valence-corrected chi connectivity index (χ0v) is 24.7. The van der Waals surface area contributed by atoms with Gasteiger partial charge in [-0.1, -0.05) is 49.1 Å². The Bertz CT molecular complexity index is 1730. The van der Waals surface area contributed by atoms with Crippen molar-refractivity contribution < 1.29 is 4.79 Å². The number of aromatic nitrogens is 3. The van der Waals surface area contributed by atoms with E-state index in [1.54, 1.807) is 38.7 Å². The fourth-order valence-corrected chi connectivity index (χ4v) is 6.67. The van der Waals surface area contributed by atoms with Gasteiger partial charge >= 0.3 is 0 Å². The molecule has 206 valence electrons. The Morgan fingerprint density at radius 3 is 2.33 bits per heavy atom. The Kier molecular flexibility index (Phi) is 7.33. The van der Waals surface area contributed by atoms with Crippen LogP contribution in [0.15, 0.2) is 44.8 Å². The predicted octanol–water partition coefficient (Wildman–Crippen LogP) is 4.01. The summed E-state index contributed by atoms with van der Waals surface area (Å²) in [6, 6.07) is 11.3. The second-order valence-corrected chi connectivity index (χ2v) is 12.0. The molecule has 2 fully saturated rings. The van der Waals surface area contributed by atoms with Crippen molar-refractivity contribution in [3.05, 3.63) is 78.3 Å². The van der Waals surface area contributed by atoms with E-state index in [0.29, 0.717) is 39.1 Å². The molecule has 11 heteroatoms. The first-order chi connectivity index (χ1) is 19.1. The van der Waals surface area contributed by atoms with Crippen LogP contribution in [0.1, 0.15) is 42.1 Å². The van der Waals surface area contributed by atoms with Crippen molar-refractivity contribution in [3.8, 4) is 11.8 Å². The predicted molar refractivity (Wildman–Crippen MR) is 163 cm³/mol. The highest BCUT2D eigenvalue weighted by atomic mass is 32.2. The SMILES string of the molecule is Cc1c(/C=C2/SC(=S)N(c3c(C)n(C)n(-c4ccccc4)c3=O)C2=O)c(N2CCC(C)CC2)n(C)c(=O)c1C#N. The van der Waals surface area contributed by atoms with Crippen LogP contribution in [-0.4, -0.2) is 37.2 Å². The van der Waals surface area contributed by atoms with E-state index in [2.05, 4.69) is 11.8 Å². The Morgan fingerprint density at radius 2 is 1.70 bits per heavy atom. The maximum atomic E-state index is 13.9. The molecule has 2 aliphatic rings. The second-order valence-electron chi connectivity index (χ2n) is 10.3. The summed E-state index contributed by atoms with van der Waals surface area (Å²) < 4.78 is 4.98. The van der Waals surface area contributed by atoms with Gasteiger partial charge in [-0.25, -0.2) is 4.68 Å². The van der Waals surface area contributed by atoms with Gasteiger partial charge in [0, 0.05) is 32.7 Å². The smallest absolute Gasteiger partial charge is 0.296 e. The number of rotatable bonds is 4. The molecule has 0 saturated carbocycles. The topological polar surface area (TPSA) is 96.3 Å². The Labute approximate surface area is 241 Å². The summed E-state index contributed by atoms with van der Waals surface area (Å²) in [5.41, 5.74) is 1.97. The number of piperidine rings is 1. The summed E-state index contributed by atoms with van der Waals surface area (Å²) in [5.74, 6) is 0.855. The molecule has 0 spiro atoms. The van der Waals surface area contributed by atoms with Gasteiger partial charge in [-0.05, 0) is 56.4 Å². The van der Waals surface area contributed by atoms with E-state index in [0.717, 1.165) is 37.7 Å². The normalized spacial score (nSPS) is 17.2. The zero-order valence-electron chi connectivity index (χ0n) is 23.1. The monoisotopic (exact) mass is 574 g/mol. The number of carbonyl (C=O) groups excluding carboxylic acids is 1. The molecule has 2 aliphatic heterocycles. The van der Waals surface area contributed by atoms with Crippen molar-refractivity contribution in [2.45, 2.75) is 33.6 Å². The number of carbonyl (C=O) groups is 1. The standard InChI is InChI=1S/C29H30N6O3S2/c1-17-11-13-33(14-12-17)25-21(18(2)22(16-30)26(36)31(25)4)15-23-27(37)34(29(39)40-23)24-19(3)32(5)35(28(24)38)20-9-7-6-8-10-20/h6-10,15,17H,11-14H2,1-5H3/b23-15+. The lowest BCUT2D eigenvalue weighted by molar-refractivity contribution is -0.113. The van der Waals surface area contributed by atoms with E-state index in [-0.39, 0.29) is 26.7 Å². The summed E-state index contributed by atoms with van der Waals surface area (Å²) in [4.78, 5) is 44.4. The Hall–Kier alpha value is -3.88. The third kappa shape index (κ3) is 4.41. The molecule has 0 atom stereocenters. The van der Waals surface area contributed by atoms with E-state index >= 15 is 0 Å². The van der Waals surface area contributed by atoms with E-state index < -0.39 is 5.91 Å². The molecule has 2 aromatic heterocycles. The minimum absolute atomic E-state index is 0.0445. The quantitative estimate of drug-likeness (QED) is 0.343. The molecule has 40 heavy (non-hydrogen) atoms. The lowest BCUT2D eigenvalue weighted by atomic mass is 9.97. The van der Waals surface area contributed by atoms with Crippen molar-refractivity contribution in [3.63, 3.8) is 0 Å². The summed E-state index contributed by atoms with van der Waals surface area (Å²) in [7, 11) is 3.43. The highest BCUT2D eigenvalue weighted by Crippen LogP contribution is 2.38. The highest BCUT2D eigenvalue weighted by Gasteiger charge is 2.38. The fraction of sp³-hybridized carbons (Fsp3) is 0.345. The molecule has 1 aromatic carbocycles. The number of anilines is 2. The molecule has 0 unspecified atom stereocenters. The van der Waals surface area contributed by atoms with Crippen LogP contribution < -0.4 is 20.9 Å². The van der Waals surface area contributed by atoms with Crippen molar-refractivity contribution >= 4 is 51.8 Å². The number of thioether (sulfide) groups is 1. The first-order valence-electron chi connectivity index (χ1n) is 13.1. The lowest BCUT2D eigenvalue weighted by Gasteiger charge is -2.34. The number of nitriles is 1. The van der Waals surface area contributed by atoms with Gasteiger partial charge < -0.3 is 4.90 Å². The Morgan fingerprint density at radius 1 is 1.05 bits per heavy atom. The van der Waals surface area contributed by atoms with E-state index in [1.165, 1.54) is 14.1 Å². The van der Waals surface area contributed by atoms with E-state index in [1.807, 2.05) is 36.4 Å². The number of nitrogens with zero attached hydrogens (tertiary/aromatic N) is 6. The molecule has 0 radical (unpaired) electrons. The van der Waals surface area contributed by atoms with Gasteiger partial charge in [0.2, 0.25) is 0 Å². The van der Waals surface area contributed by atoms with Crippen molar-refractivity contribution in [2.75, 3.05) is 22.9 Å². The molecular formula is C29H30N6O3S2. The highest BCUT2D eigenvalue weighted by molar-refractivity contribution is 8.27. The molecular weight excluding hydrogens is 544 g/mol. The van der Waals surface area contributed by atoms with Crippen LogP contribution >= 0.6 is 24.0 Å². The number of hydrogen-bond donors (Lipinski definition) is 0. The largest absolute Gasteiger partial charge is 0.357 e. The molecule has 1 amide bonds. The maximum Gasteiger partial charge on any atom is 0.296 e. The van der Waals surface area contributed by atoms with Gasteiger partial charge in [-0.15, -0.1) is 0 Å². The number of hydrogen-bond acceptors (Lipinski definition) is 7. The lowest BCUT2D eigenvalue weighted by Crippen LogP contribution is -2.38. The number of amides is 1. The van der Waals surface area contributed by atoms with Crippen LogP contribution in [0.25, 0.3) is 11.8 Å². The summed E-state index contributed by atoms with van der Waals surface area (Å²) in [5, 5.41) is 9.77. The van der Waals surface area contributed by atoms with Gasteiger partial charge in [0.05, 0.1) is 16.3 Å². The van der Waals surface area contributed by atoms with Crippen molar-refractivity contribution in [1.29, 1.82) is 5.26 Å². The fourth-order valence-electron chi connectivity index (χ4n) is 5.42. The third-order valence-electron chi connectivity index (χ3n) is 7.87.